The lowest BCUT2D eigenvalue weighted by molar-refractivity contribution is 0.629. The number of nitrogens with one attached hydrogen (secondary N) is 1. The Morgan fingerprint density at radius 2 is 1.85 bits per heavy atom. The molecule has 0 saturated heterocycles. The number of hydrogen-bond donors (Lipinski definition) is 1. The highest BCUT2D eigenvalue weighted by Crippen LogP contribution is 2.20. The summed E-state index contributed by atoms with van der Waals surface area (Å²) >= 11 is 5.84. The molecule has 0 fully saturated rings. The topological polar surface area (TPSA) is 37.8 Å². The predicted octanol–water partition coefficient (Wildman–Crippen LogP) is 4.03. The fourth-order valence-corrected chi connectivity index (χ4v) is 2.08. The average Bonchev–Trinajstić information content (AvgIpc) is 2.47. The molecule has 0 aliphatic heterocycles. The number of nitrogens with zero attached hydrogens (tertiary/aromatic N) is 2. The van der Waals surface area contributed by atoms with Crippen LogP contribution in [0, 0.1) is 5.82 Å². The average molecular weight is 288 g/mol. The molecule has 0 amide bonds. The molecule has 1 heterocycles. The van der Waals surface area contributed by atoms with Crippen molar-refractivity contribution in [3.63, 3.8) is 0 Å². The minimum Gasteiger partial charge on any atom is -0.365 e. The molecule has 0 radical (unpaired) electrons. The summed E-state index contributed by atoms with van der Waals surface area (Å²) in [6, 6.07) is 12.0. The molecule has 3 aromatic rings. The lowest BCUT2D eigenvalue weighted by Gasteiger charge is -2.08. The van der Waals surface area contributed by atoms with Gasteiger partial charge in [0.05, 0.1) is 5.52 Å². The van der Waals surface area contributed by atoms with Crippen molar-refractivity contribution in [2.75, 3.05) is 5.32 Å². The molecule has 0 aliphatic rings. The number of aromatic nitrogens is 2. The highest BCUT2D eigenvalue weighted by atomic mass is 35.5. The van der Waals surface area contributed by atoms with E-state index in [-0.39, 0.29) is 5.82 Å². The second kappa shape index (κ2) is 5.43. The van der Waals surface area contributed by atoms with Gasteiger partial charge in [0.2, 0.25) is 0 Å². The fourth-order valence-electron chi connectivity index (χ4n) is 1.96. The van der Waals surface area contributed by atoms with Crippen LogP contribution >= 0.6 is 11.6 Å². The van der Waals surface area contributed by atoms with Crippen molar-refractivity contribution in [3.8, 4) is 0 Å². The molecule has 0 aliphatic carbocycles. The van der Waals surface area contributed by atoms with Crippen molar-refractivity contribution in [1.29, 1.82) is 0 Å². The quantitative estimate of drug-likeness (QED) is 0.790. The Morgan fingerprint density at radius 3 is 2.65 bits per heavy atom. The van der Waals surface area contributed by atoms with Crippen molar-refractivity contribution >= 4 is 28.3 Å². The van der Waals surface area contributed by atoms with Gasteiger partial charge in [-0.25, -0.2) is 14.4 Å². The molecule has 0 bridgehead atoms. The van der Waals surface area contributed by atoms with Gasteiger partial charge in [-0.05, 0) is 35.9 Å². The molecule has 1 N–H and O–H groups in total. The molecular formula is C15H11ClFN3. The van der Waals surface area contributed by atoms with Crippen LogP contribution in [0.2, 0.25) is 5.02 Å². The van der Waals surface area contributed by atoms with Gasteiger partial charge in [-0.15, -0.1) is 0 Å². The maximum absolute atomic E-state index is 13.3. The minimum atomic E-state index is -0.304. The second-order valence-corrected chi connectivity index (χ2v) is 4.80. The normalized spacial score (nSPS) is 10.7. The van der Waals surface area contributed by atoms with E-state index in [1.807, 2.05) is 24.3 Å². The first-order chi connectivity index (χ1) is 9.72. The number of anilines is 1. The third kappa shape index (κ3) is 2.70. The largest absolute Gasteiger partial charge is 0.365 e. The van der Waals surface area contributed by atoms with Crippen molar-refractivity contribution in [3.05, 3.63) is 65.2 Å². The van der Waals surface area contributed by atoms with Gasteiger partial charge in [0, 0.05) is 17.0 Å². The number of halogens is 2. The van der Waals surface area contributed by atoms with E-state index in [9.17, 15) is 4.39 Å². The Kier molecular flexibility index (Phi) is 3.48. The summed E-state index contributed by atoms with van der Waals surface area (Å²) in [6.45, 7) is 0.583. The Labute approximate surface area is 120 Å². The summed E-state index contributed by atoms with van der Waals surface area (Å²) in [4.78, 5) is 8.28. The van der Waals surface area contributed by atoms with E-state index in [0.29, 0.717) is 28.3 Å². The van der Waals surface area contributed by atoms with Gasteiger partial charge in [-0.2, -0.15) is 0 Å². The summed E-state index contributed by atoms with van der Waals surface area (Å²) in [5.41, 5.74) is 1.78. The van der Waals surface area contributed by atoms with Gasteiger partial charge in [0.25, 0.3) is 0 Å². The lowest BCUT2D eigenvalue weighted by Crippen LogP contribution is -2.02. The Balaban J connectivity index is 1.87. The fraction of sp³-hybridized carbons (Fsp3) is 0.0667. The van der Waals surface area contributed by atoms with Gasteiger partial charge in [0.15, 0.2) is 0 Å². The maximum atomic E-state index is 13.3. The molecule has 0 unspecified atom stereocenters. The monoisotopic (exact) mass is 287 g/mol. The molecule has 1 aromatic heterocycles. The SMILES string of the molecule is Fc1ccc2ncnc(NCc3ccc(Cl)cc3)c2c1. The molecule has 3 nitrogen and oxygen atoms in total. The molecule has 0 atom stereocenters. The maximum Gasteiger partial charge on any atom is 0.137 e. The van der Waals surface area contributed by atoms with Crippen LogP contribution in [0.4, 0.5) is 10.2 Å². The Bertz CT molecular complexity index is 744. The first kappa shape index (κ1) is 12.8. The second-order valence-electron chi connectivity index (χ2n) is 4.36. The molecule has 0 saturated carbocycles. The highest BCUT2D eigenvalue weighted by Gasteiger charge is 2.04. The third-order valence-electron chi connectivity index (χ3n) is 2.97. The van der Waals surface area contributed by atoms with E-state index >= 15 is 0 Å². The predicted molar refractivity (Wildman–Crippen MR) is 78.3 cm³/mol. The summed E-state index contributed by atoms with van der Waals surface area (Å²) in [5.74, 6) is 0.311. The van der Waals surface area contributed by atoms with Crippen LogP contribution in [0.5, 0.6) is 0 Å². The van der Waals surface area contributed by atoms with Crippen LogP contribution in [0.15, 0.2) is 48.8 Å². The molecule has 20 heavy (non-hydrogen) atoms. The van der Waals surface area contributed by atoms with Crippen molar-refractivity contribution in [1.82, 2.24) is 9.97 Å². The van der Waals surface area contributed by atoms with E-state index in [1.165, 1.54) is 18.5 Å². The van der Waals surface area contributed by atoms with Crippen LogP contribution in [0.25, 0.3) is 10.9 Å². The van der Waals surface area contributed by atoms with E-state index in [0.717, 1.165) is 5.56 Å². The van der Waals surface area contributed by atoms with Gasteiger partial charge >= 0.3 is 0 Å². The van der Waals surface area contributed by atoms with Crippen LogP contribution in [0.3, 0.4) is 0 Å². The first-order valence-electron chi connectivity index (χ1n) is 6.11. The smallest absolute Gasteiger partial charge is 0.137 e. The number of hydrogen-bond acceptors (Lipinski definition) is 3. The van der Waals surface area contributed by atoms with E-state index in [4.69, 9.17) is 11.6 Å². The number of benzene rings is 2. The van der Waals surface area contributed by atoms with Gasteiger partial charge in [-0.3, -0.25) is 0 Å². The minimum absolute atomic E-state index is 0.304. The molecule has 0 spiro atoms. The van der Waals surface area contributed by atoms with Crippen molar-refractivity contribution in [2.45, 2.75) is 6.54 Å². The van der Waals surface area contributed by atoms with E-state index < -0.39 is 0 Å². The molecule has 2 aromatic carbocycles. The molecule has 3 rings (SSSR count). The van der Waals surface area contributed by atoms with Crippen LogP contribution in [-0.2, 0) is 6.54 Å². The van der Waals surface area contributed by atoms with Crippen molar-refractivity contribution in [2.24, 2.45) is 0 Å². The summed E-state index contributed by atoms with van der Waals surface area (Å²) in [7, 11) is 0. The Morgan fingerprint density at radius 1 is 1.05 bits per heavy atom. The molecule has 100 valence electrons. The van der Waals surface area contributed by atoms with E-state index in [2.05, 4.69) is 15.3 Å². The van der Waals surface area contributed by atoms with Crippen LogP contribution in [-0.4, -0.2) is 9.97 Å². The third-order valence-corrected chi connectivity index (χ3v) is 3.22. The zero-order valence-electron chi connectivity index (χ0n) is 10.5. The highest BCUT2D eigenvalue weighted by molar-refractivity contribution is 6.30. The standard InChI is InChI=1S/C15H11ClFN3/c16-11-3-1-10(2-4-11)8-18-15-13-7-12(17)5-6-14(13)19-9-20-15/h1-7,9H,8H2,(H,18,19,20). The van der Waals surface area contributed by atoms with Crippen LogP contribution in [0.1, 0.15) is 5.56 Å². The zero-order chi connectivity index (χ0) is 13.9. The van der Waals surface area contributed by atoms with Gasteiger partial charge in [-0.1, -0.05) is 23.7 Å². The summed E-state index contributed by atoms with van der Waals surface area (Å²) in [6.07, 6.45) is 1.46. The summed E-state index contributed by atoms with van der Waals surface area (Å²) in [5, 5.41) is 4.56. The Hall–Kier alpha value is -2.20. The van der Waals surface area contributed by atoms with Gasteiger partial charge < -0.3 is 5.32 Å². The number of rotatable bonds is 3. The van der Waals surface area contributed by atoms with Crippen molar-refractivity contribution < 1.29 is 4.39 Å². The van der Waals surface area contributed by atoms with E-state index in [1.54, 1.807) is 6.07 Å². The van der Waals surface area contributed by atoms with Gasteiger partial charge in [0.1, 0.15) is 18.0 Å². The first-order valence-corrected chi connectivity index (χ1v) is 6.49. The molecular weight excluding hydrogens is 277 g/mol. The van der Waals surface area contributed by atoms with Crippen LogP contribution < -0.4 is 5.32 Å². The number of fused-ring (bicyclic) bond motifs is 1. The lowest BCUT2D eigenvalue weighted by atomic mass is 10.2. The zero-order valence-corrected chi connectivity index (χ0v) is 11.2. The molecule has 5 heteroatoms. The summed E-state index contributed by atoms with van der Waals surface area (Å²) < 4.78 is 13.3.